The van der Waals surface area contributed by atoms with E-state index in [1.165, 1.54) is 25.7 Å². The van der Waals surface area contributed by atoms with Crippen molar-refractivity contribution in [2.75, 3.05) is 18.0 Å². The molecule has 2 aromatic rings. The van der Waals surface area contributed by atoms with Crippen LogP contribution in [0.5, 0.6) is 0 Å². The number of aromatic nitrogens is 2. The predicted octanol–water partition coefficient (Wildman–Crippen LogP) is 3.90. The van der Waals surface area contributed by atoms with Gasteiger partial charge in [0.25, 0.3) is 0 Å². The van der Waals surface area contributed by atoms with Crippen molar-refractivity contribution in [1.82, 2.24) is 15.3 Å². The predicted molar refractivity (Wildman–Crippen MR) is 107 cm³/mol. The summed E-state index contributed by atoms with van der Waals surface area (Å²) in [5.74, 6) is 1.46. The summed E-state index contributed by atoms with van der Waals surface area (Å²) in [7, 11) is 0. The van der Waals surface area contributed by atoms with E-state index in [9.17, 15) is 4.79 Å². The number of pyridine rings is 1. The highest BCUT2D eigenvalue weighted by Crippen LogP contribution is 2.19. The molecule has 0 saturated carbocycles. The summed E-state index contributed by atoms with van der Waals surface area (Å²) in [5, 5.41) is 6.03. The van der Waals surface area contributed by atoms with Crippen LogP contribution in [0.1, 0.15) is 61.7 Å². The lowest BCUT2D eigenvalue weighted by molar-refractivity contribution is -0.120. The van der Waals surface area contributed by atoms with Gasteiger partial charge in [0.05, 0.1) is 17.1 Å². The Kier molecular flexibility index (Phi) is 6.61. The summed E-state index contributed by atoms with van der Waals surface area (Å²) in [5.41, 5.74) is 1.88. The standard InChI is InChI=1S/C20H28N4OS/c1-15(2)20-23-17(14-26-20)11-19(25)22-13-16-7-8-18(21-12-16)24-9-5-3-4-6-10-24/h7-8,12,14-15H,3-6,9-11,13H2,1-2H3,(H,22,25). The molecule has 140 valence electrons. The molecule has 1 N–H and O–H groups in total. The van der Waals surface area contributed by atoms with Crippen LogP contribution >= 0.6 is 11.3 Å². The molecule has 1 aliphatic rings. The Morgan fingerprint density at radius 3 is 2.62 bits per heavy atom. The van der Waals surface area contributed by atoms with E-state index in [1.54, 1.807) is 11.3 Å². The average molecular weight is 373 g/mol. The van der Waals surface area contributed by atoms with Crippen molar-refractivity contribution in [1.29, 1.82) is 0 Å². The van der Waals surface area contributed by atoms with E-state index in [4.69, 9.17) is 0 Å². The third kappa shape index (κ3) is 5.27. The Morgan fingerprint density at radius 2 is 2.00 bits per heavy atom. The van der Waals surface area contributed by atoms with Crippen molar-refractivity contribution in [3.05, 3.63) is 40.0 Å². The fourth-order valence-corrected chi connectivity index (χ4v) is 3.94. The number of hydrogen-bond acceptors (Lipinski definition) is 5. The first-order chi connectivity index (χ1) is 12.6. The van der Waals surface area contributed by atoms with Crippen molar-refractivity contribution in [3.8, 4) is 0 Å². The molecule has 3 heterocycles. The summed E-state index contributed by atoms with van der Waals surface area (Å²) < 4.78 is 0. The Morgan fingerprint density at radius 1 is 1.23 bits per heavy atom. The zero-order valence-electron chi connectivity index (χ0n) is 15.7. The normalized spacial score (nSPS) is 15.1. The zero-order valence-corrected chi connectivity index (χ0v) is 16.5. The summed E-state index contributed by atoms with van der Waals surface area (Å²) in [4.78, 5) is 23.6. The monoisotopic (exact) mass is 372 g/mol. The minimum atomic E-state index is 0.00204. The van der Waals surface area contributed by atoms with Gasteiger partial charge in [0.2, 0.25) is 5.91 Å². The Bertz CT molecular complexity index is 703. The Balaban J connectivity index is 1.48. The smallest absolute Gasteiger partial charge is 0.226 e. The number of nitrogens with zero attached hydrogens (tertiary/aromatic N) is 3. The van der Waals surface area contributed by atoms with Crippen LogP contribution in [0.25, 0.3) is 0 Å². The van der Waals surface area contributed by atoms with Gasteiger partial charge in [-0.15, -0.1) is 11.3 Å². The molecule has 26 heavy (non-hydrogen) atoms. The largest absolute Gasteiger partial charge is 0.357 e. The van der Waals surface area contributed by atoms with Crippen molar-refractivity contribution in [2.45, 2.75) is 58.4 Å². The van der Waals surface area contributed by atoms with Gasteiger partial charge in [0, 0.05) is 37.1 Å². The van der Waals surface area contributed by atoms with Gasteiger partial charge in [0.15, 0.2) is 0 Å². The molecule has 0 spiro atoms. The molecule has 0 unspecified atom stereocenters. The average Bonchev–Trinajstić information content (AvgIpc) is 2.94. The molecule has 0 aromatic carbocycles. The SMILES string of the molecule is CC(C)c1nc(CC(=O)NCc2ccc(N3CCCCCC3)nc2)cs1. The van der Waals surface area contributed by atoms with Crippen LogP contribution in [0.2, 0.25) is 0 Å². The molecule has 1 saturated heterocycles. The van der Waals surface area contributed by atoms with Crippen molar-refractivity contribution < 1.29 is 4.79 Å². The second kappa shape index (κ2) is 9.12. The number of rotatable bonds is 6. The van der Waals surface area contributed by atoms with Crippen molar-refractivity contribution >= 4 is 23.1 Å². The van der Waals surface area contributed by atoms with E-state index in [1.807, 2.05) is 11.6 Å². The van der Waals surface area contributed by atoms with Gasteiger partial charge in [-0.1, -0.05) is 32.8 Å². The Labute approximate surface area is 159 Å². The van der Waals surface area contributed by atoms with Crippen LogP contribution in [0.3, 0.4) is 0 Å². The van der Waals surface area contributed by atoms with Gasteiger partial charge in [-0.3, -0.25) is 4.79 Å². The molecule has 0 aliphatic carbocycles. The number of hydrogen-bond donors (Lipinski definition) is 1. The first-order valence-electron chi connectivity index (χ1n) is 9.52. The van der Waals surface area contributed by atoms with Gasteiger partial charge in [-0.25, -0.2) is 9.97 Å². The van der Waals surface area contributed by atoms with Crippen LogP contribution in [0, 0.1) is 0 Å². The molecule has 0 bridgehead atoms. The third-order valence-corrected chi connectivity index (χ3v) is 5.83. The maximum atomic E-state index is 12.1. The molecule has 0 atom stereocenters. The van der Waals surface area contributed by atoms with E-state index >= 15 is 0 Å². The molecule has 0 radical (unpaired) electrons. The molecule has 1 aliphatic heterocycles. The fourth-order valence-electron chi connectivity index (χ4n) is 3.10. The molecular weight excluding hydrogens is 344 g/mol. The first kappa shape index (κ1) is 18.8. The van der Waals surface area contributed by atoms with Gasteiger partial charge < -0.3 is 10.2 Å². The summed E-state index contributed by atoms with van der Waals surface area (Å²) >= 11 is 1.62. The molecular formula is C20H28N4OS. The van der Waals surface area contributed by atoms with Gasteiger partial charge >= 0.3 is 0 Å². The number of carbonyl (C=O) groups is 1. The minimum Gasteiger partial charge on any atom is -0.357 e. The lowest BCUT2D eigenvalue weighted by Crippen LogP contribution is -2.26. The first-order valence-corrected chi connectivity index (χ1v) is 10.4. The lowest BCUT2D eigenvalue weighted by Gasteiger charge is -2.21. The second-order valence-electron chi connectivity index (χ2n) is 7.21. The zero-order chi connectivity index (χ0) is 18.4. The summed E-state index contributed by atoms with van der Waals surface area (Å²) in [6, 6.07) is 4.13. The second-order valence-corrected chi connectivity index (χ2v) is 8.10. The maximum absolute atomic E-state index is 12.1. The van der Waals surface area contributed by atoms with E-state index < -0.39 is 0 Å². The van der Waals surface area contributed by atoms with Gasteiger partial charge in [-0.2, -0.15) is 0 Å². The topological polar surface area (TPSA) is 58.1 Å². The molecule has 6 heteroatoms. The van der Waals surface area contributed by atoms with E-state index in [0.29, 0.717) is 18.9 Å². The summed E-state index contributed by atoms with van der Waals surface area (Å²) in [6.07, 6.45) is 7.34. The van der Waals surface area contributed by atoms with Crippen molar-refractivity contribution in [2.24, 2.45) is 0 Å². The molecule has 2 aromatic heterocycles. The van der Waals surface area contributed by atoms with Gasteiger partial charge in [0.1, 0.15) is 5.82 Å². The Hall–Kier alpha value is -1.95. The number of nitrogens with one attached hydrogen (secondary N) is 1. The van der Waals surface area contributed by atoms with Gasteiger partial charge in [-0.05, 0) is 24.5 Å². The number of thiazole rings is 1. The highest BCUT2D eigenvalue weighted by atomic mass is 32.1. The van der Waals surface area contributed by atoms with E-state index in [2.05, 4.69) is 46.2 Å². The molecule has 5 nitrogen and oxygen atoms in total. The summed E-state index contributed by atoms with van der Waals surface area (Å²) in [6.45, 7) is 6.92. The fraction of sp³-hybridized carbons (Fsp3) is 0.550. The van der Waals surface area contributed by atoms with E-state index in [0.717, 1.165) is 35.2 Å². The van der Waals surface area contributed by atoms with Crippen LogP contribution in [-0.4, -0.2) is 29.0 Å². The van der Waals surface area contributed by atoms with Crippen LogP contribution < -0.4 is 10.2 Å². The maximum Gasteiger partial charge on any atom is 0.226 e. The third-order valence-electron chi connectivity index (χ3n) is 4.63. The lowest BCUT2D eigenvalue weighted by atomic mass is 10.2. The highest BCUT2D eigenvalue weighted by molar-refractivity contribution is 7.09. The van der Waals surface area contributed by atoms with E-state index in [-0.39, 0.29) is 5.91 Å². The van der Waals surface area contributed by atoms with Crippen LogP contribution in [0.4, 0.5) is 5.82 Å². The highest BCUT2D eigenvalue weighted by Gasteiger charge is 2.12. The van der Waals surface area contributed by atoms with Crippen LogP contribution in [-0.2, 0) is 17.8 Å². The number of carbonyl (C=O) groups excluding carboxylic acids is 1. The molecule has 1 fully saturated rings. The number of anilines is 1. The number of amides is 1. The minimum absolute atomic E-state index is 0.00204. The van der Waals surface area contributed by atoms with Crippen LogP contribution in [0.15, 0.2) is 23.7 Å². The molecule has 3 rings (SSSR count). The van der Waals surface area contributed by atoms with Crippen molar-refractivity contribution in [3.63, 3.8) is 0 Å². The molecule has 1 amide bonds. The quantitative estimate of drug-likeness (QED) is 0.835.